The molecule has 1 aromatic heterocycles. The zero-order chi connectivity index (χ0) is 14.5. The first-order valence-electron chi connectivity index (χ1n) is 5.49. The predicted octanol–water partition coefficient (Wildman–Crippen LogP) is 2.92. The van der Waals surface area contributed by atoms with Crippen LogP contribution in [0, 0.1) is 3.57 Å². The Balaban J connectivity index is 2.02. The van der Waals surface area contributed by atoms with Crippen molar-refractivity contribution < 1.29 is 9.90 Å². The fourth-order valence-corrected chi connectivity index (χ4v) is 2.27. The summed E-state index contributed by atoms with van der Waals surface area (Å²) in [6.07, 6.45) is 4.56. The maximum absolute atomic E-state index is 11.8. The highest BCUT2D eigenvalue weighted by atomic mass is 127. The van der Waals surface area contributed by atoms with E-state index in [4.69, 9.17) is 0 Å². The molecule has 0 saturated carbocycles. The van der Waals surface area contributed by atoms with Crippen LogP contribution in [0.25, 0.3) is 0 Å². The fourth-order valence-electron chi connectivity index (χ4n) is 1.37. The molecule has 0 saturated heterocycles. The molecule has 0 fully saturated rings. The van der Waals surface area contributed by atoms with E-state index in [1.807, 2.05) is 22.6 Å². The van der Waals surface area contributed by atoms with Crippen LogP contribution in [0.4, 0.5) is 0 Å². The zero-order valence-corrected chi connectivity index (χ0v) is 13.8. The number of hydrogen-bond acceptors (Lipinski definition) is 4. The summed E-state index contributed by atoms with van der Waals surface area (Å²) >= 11 is 5.26. The number of carbonyl (C=O) groups is 1. The van der Waals surface area contributed by atoms with Crippen molar-refractivity contribution in [1.29, 1.82) is 0 Å². The Labute approximate surface area is 137 Å². The maximum Gasteiger partial charge on any atom is 0.272 e. The van der Waals surface area contributed by atoms with Crippen molar-refractivity contribution in [3.05, 3.63) is 55.8 Å². The molecule has 102 valence electrons. The lowest BCUT2D eigenvalue weighted by molar-refractivity contribution is 0.0954. The summed E-state index contributed by atoms with van der Waals surface area (Å²) in [7, 11) is 0. The molecule has 0 aliphatic heterocycles. The van der Waals surface area contributed by atoms with E-state index in [2.05, 4.69) is 31.4 Å². The van der Waals surface area contributed by atoms with Gasteiger partial charge in [-0.05, 0) is 68.3 Å². The summed E-state index contributed by atoms with van der Waals surface area (Å²) in [6.45, 7) is 0. The van der Waals surface area contributed by atoms with Gasteiger partial charge in [0.05, 0.1) is 15.3 Å². The maximum atomic E-state index is 11.8. The number of benzene rings is 1. The van der Waals surface area contributed by atoms with Gasteiger partial charge in [0, 0.05) is 16.9 Å². The molecule has 1 amide bonds. The van der Waals surface area contributed by atoms with Crippen LogP contribution in [0.5, 0.6) is 5.75 Å². The van der Waals surface area contributed by atoms with Gasteiger partial charge < -0.3 is 5.11 Å². The lowest BCUT2D eigenvalue weighted by atomic mass is 10.2. The number of rotatable bonds is 3. The summed E-state index contributed by atoms with van der Waals surface area (Å²) in [4.78, 5) is 15.7. The zero-order valence-electron chi connectivity index (χ0n) is 10.0. The van der Waals surface area contributed by atoms with Crippen molar-refractivity contribution in [1.82, 2.24) is 10.4 Å². The Hall–Kier alpha value is -1.48. The van der Waals surface area contributed by atoms with Crippen LogP contribution in [-0.4, -0.2) is 22.2 Å². The first kappa shape index (κ1) is 14.9. The minimum atomic E-state index is -0.344. The third kappa shape index (κ3) is 4.01. The highest BCUT2D eigenvalue weighted by Gasteiger charge is 2.04. The van der Waals surface area contributed by atoms with E-state index in [9.17, 15) is 9.90 Å². The Bertz CT molecular complexity index is 676. The van der Waals surface area contributed by atoms with Crippen LogP contribution in [0.15, 0.2) is 46.2 Å². The number of amides is 1. The van der Waals surface area contributed by atoms with Crippen LogP contribution in [-0.2, 0) is 0 Å². The SMILES string of the molecule is O=C(NN=Cc1ccc(O)c(I)c1)c1cncc(Br)c1. The number of phenolic OH excluding ortho intramolecular Hbond substituents is 1. The van der Waals surface area contributed by atoms with E-state index in [0.717, 1.165) is 10.0 Å². The summed E-state index contributed by atoms with van der Waals surface area (Å²) < 4.78 is 1.44. The van der Waals surface area contributed by atoms with Gasteiger partial charge in [0.25, 0.3) is 5.91 Å². The molecule has 0 aliphatic carbocycles. The topological polar surface area (TPSA) is 74.6 Å². The number of hydrazone groups is 1. The summed E-state index contributed by atoms with van der Waals surface area (Å²) in [5.41, 5.74) is 3.60. The Morgan fingerprint density at radius 2 is 2.20 bits per heavy atom. The van der Waals surface area contributed by atoms with Crippen LogP contribution in [0.1, 0.15) is 15.9 Å². The molecule has 5 nitrogen and oxygen atoms in total. The van der Waals surface area contributed by atoms with Crippen molar-refractivity contribution in [2.24, 2.45) is 5.10 Å². The van der Waals surface area contributed by atoms with Crippen LogP contribution >= 0.6 is 38.5 Å². The Morgan fingerprint density at radius 3 is 2.90 bits per heavy atom. The number of hydrogen-bond donors (Lipinski definition) is 2. The largest absolute Gasteiger partial charge is 0.507 e. The summed E-state index contributed by atoms with van der Waals surface area (Å²) in [5, 5.41) is 13.3. The Kier molecular flexibility index (Phi) is 5.07. The van der Waals surface area contributed by atoms with Crippen molar-refractivity contribution in [2.45, 2.75) is 0 Å². The second-order valence-corrected chi connectivity index (χ2v) is 5.88. The van der Waals surface area contributed by atoms with Crippen molar-refractivity contribution >= 4 is 50.6 Å². The Morgan fingerprint density at radius 1 is 1.40 bits per heavy atom. The molecule has 0 unspecified atom stereocenters. The molecule has 2 aromatic rings. The molecule has 20 heavy (non-hydrogen) atoms. The third-order valence-electron chi connectivity index (χ3n) is 2.32. The number of phenols is 1. The van der Waals surface area contributed by atoms with Gasteiger partial charge in [-0.2, -0.15) is 5.10 Å². The third-order valence-corrected chi connectivity index (χ3v) is 3.62. The second kappa shape index (κ2) is 6.80. The molecular weight excluding hydrogens is 437 g/mol. The van der Waals surface area contributed by atoms with Gasteiger partial charge >= 0.3 is 0 Å². The summed E-state index contributed by atoms with van der Waals surface area (Å²) in [5.74, 6) is -0.129. The minimum Gasteiger partial charge on any atom is -0.507 e. The number of halogens is 2. The normalized spacial score (nSPS) is 10.7. The van der Waals surface area contributed by atoms with E-state index >= 15 is 0 Å². The molecule has 1 heterocycles. The highest BCUT2D eigenvalue weighted by Crippen LogP contribution is 2.19. The first-order chi connectivity index (χ1) is 9.56. The molecule has 2 N–H and O–H groups in total. The smallest absolute Gasteiger partial charge is 0.272 e. The van der Waals surface area contributed by atoms with Gasteiger partial charge in [0.2, 0.25) is 0 Å². The summed E-state index contributed by atoms with van der Waals surface area (Å²) in [6, 6.07) is 6.69. The van der Waals surface area contributed by atoms with E-state index < -0.39 is 0 Å². The molecular formula is C13H9BrIN3O2. The van der Waals surface area contributed by atoms with Crippen molar-refractivity contribution in [3.8, 4) is 5.75 Å². The van der Waals surface area contributed by atoms with Crippen molar-refractivity contribution in [3.63, 3.8) is 0 Å². The lowest BCUT2D eigenvalue weighted by Crippen LogP contribution is -2.17. The molecule has 1 aromatic carbocycles. The number of aromatic nitrogens is 1. The molecule has 0 radical (unpaired) electrons. The molecule has 0 spiro atoms. The lowest BCUT2D eigenvalue weighted by Gasteiger charge is -2.00. The molecule has 0 aliphatic rings. The quantitative estimate of drug-likeness (QED) is 0.433. The number of nitrogens with one attached hydrogen (secondary N) is 1. The van der Waals surface area contributed by atoms with Crippen LogP contribution < -0.4 is 5.43 Å². The monoisotopic (exact) mass is 445 g/mol. The van der Waals surface area contributed by atoms with Gasteiger partial charge in [-0.3, -0.25) is 9.78 Å². The number of aromatic hydroxyl groups is 1. The fraction of sp³-hybridized carbons (Fsp3) is 0. The molecule has 7 heteroatoms. The molecule has 0 atom stereocenters. The van der Waals surface area contributed by atoms with Gasteiger partial charge in [-0.25, -0.2) is 5.43 Å². The minimum absolute atomic E-state index is 0.215. The number of pyridine rings is 1. The highest BCUT2D eigenvalue weighted by molar-refractivity contribution is 14.1. The van der Waals surface area contributed by atoms with Crippen LogP contribution in [0.2, 0.25) is 0 Å². The average Bonchev–Trinajstić information content (AvgIpc) is 2.42. The number of nitrogens with zero attached hydrogens (tertiary/aromatic N) is 2. The molecule has 0 bridgehead atoms. The van der Waals surface area contributed by atoms with Gasteiger partial charge in [0.15, 0.2) is 0 Å². The van der Waals surface area contributed by atoms with Gasteiger partial charge in [-0.1, -0.05) is 0 Å². The van der Waals surface area contributed by atoms with Gasteiger partial charge in [0.1, 0.15) is 5.75 Å². The standard InChI is InChI=1S/C13H9BrIN3O2/c14-10-4-9(6-16-7-10)13(20)18-17-5-8-1-2-12(19)11(15)3-8/h1-7,19H,(H,18,20). The van der Waals surface area contributed by atoms with E-state index in [1.165, 1.54) is 12.4 Å². The second-order valence-electron chi connectivity index (χ2n) is 3.80. The predicted molar refractivity (Wildman–Crippen MR) is 87.8 cm³/mol. The van der Waals surface area contributed by atoms with Crippen molar-refractivity contribution in [2.75, 3.05) is 0 Å². The van der Waals surface area contributed by atoms with E-state index in [0.29, 0.717) is 9.13 Å². The number of carbonyl (C=O) groups excluding carboxylic acids is 1. The van der Waals surface area contributed by atoms with Crippen LogP contribution in [0.3, 0.4) is 0 Å². The molecule has 2 rings (SSSR count). The average molecular weight is 446 g/mol. The van der Waals surface area contributed by atoms with E-state index in [-0.39, 0.29) is 11.7 Å². The first-order valence-corrected chi connectivity index (χ1v) is 7.36. The van der Waals surface area contributed by atoms with E-state index in [1.54, 1.807) is 30.5 Å². The van der Waals surface area contributed by atoms with Gasteiger partial charge in [-0.15, -0.1) is 0 Å².